The van der Waals surface area contributed by atoms with Gasteiger partial charge in [0.05, 0.1) is 17.9 Å². The van der Waals surface area contributed by atoms with Crippen LogP contribution in [0.25, 0.3) is 11.3 Å². The quantitative estimate of drug-likeness (QED) is 0.624. The number of rotatable bonds is 7. The van der Waals surface area contributed by atoms with Crippen molar-refractivity contribution in [2.24, 2.45) is 0 Å². The second-order valence-corrected chi connectivity index (χ2v) is 9.38. The fraction of sp³-hybridized carbons (Fsp3) is 0.273. The largest absolute Gasteiger partial charge is 0.349 e. The van der Waals surface area contributed by atoms with Gasteiger partial charge in [-0.15, -0.1) is 0 Å². The first-order chi connectivity index (χ1) is 14.3. The molecule has 6 nitrogen and oxygen atoms in total. The summed E-state index contributed by atoms with van der Waals surface area (Å²) in [7, 11) is -3.94. The zero-order valence-corrected chi connectivity index (χ0v) is 17.3. The number of hydrogen-bond donors (Lipinski definition) is 1. The van der Waals surface area contributed by atoms with Crippen molar-refractivity contribution in [3.63, 3.8) is 0 Å². The summed E-state index contributed by atoms with van der Waals surface area (Å²) in [6.07, 6.45) is 3.32. The molecule has 1 saturated carbocycles. The van der Waals surface area contributed by atoms with Crippen LogP contribution in [0.15, 0.2) is 66.0 Å². The van der Waals surface area contributed by atoms with Gasteiger partial charge in [-0.2, -0.15) is 0 Å². The van der Waals surface area contributed by atoms with Crippen molar-refractivity contribution < 1.29 is 17.6 Å². The van der Waals surface area contributed by atoms with E-state index in [1.54, 1.807) is 29.8 Å². The van der Waals surface area contributed by atoms with Crippen LogP contribution in [0.2, 0.25) is 0 Å². The van der Waals surface area contributed by atoms with Crippen LogP contribution in [0.1, 0.15) is 37.4 Å². The third-order valence-electron chi connectivity index (χ3n) is 5.09. The molecule has 1 amide bonds. The Morgan fingerprint density at radius 2 is 1.83 bits per heavy atom. The monoisotopic (exact) mass is 427 g/mol. The third-order valence-corrected chi connectivity index (χ3v) is 6.59. The summed E-state index contributed by atoms with van der Waals surface area (Å²) in [5, 5.41) is 2.59. The van der Waals surface area contributed by atoms with Crippen molar-refractivity contribution in [1.29, 1.82) is 0 Å². The minimum Gasteiger partial charge on any atom is -0.349 e. The number of nitrogens with one attached hydrogen (secondary N) is 1. The number of aromatic nitrogens is 2. The van der Waals surface area contributed by atoms with E-state index in [1.807, 2.05) is 30.3 Å². The van der Waals surface area contributed by atoms with E-state index in [0.717, 1.165) is 24.1 Å². The molecule has 156 valence electrons. The molecule has 4 rings (SSSR count). The van der Waals surface area contributed by atoms with E-state index in [-0.39, 0.29) is 17.0 Å². The van der Waals surface area contributed by atoms with Gasteiger partial charge in [0.1, 0.15) is 11.6 Å². The number of carbonyl (C=O) groups is 1. The van der Waals surface area contributed by atoms with Gasteiger partial charge in [0.15, 0.2) is 0 Å². The fourth-order valence-electron chi connectivity index (χ4n) is 3.44. The van der Waals surface area contributed by atoms with Crippen molar-refractivity contribution in [2.45, 2.75) is 37.0 Å². The first-order valence-electron chi connectivity index (χ1n) is 9.75. The Morgan fingerprint density at radius 3 is 2.47 bits per heavy atom. The molecule has 1 atom stereocenters. The Kier molecular flexibility index (Phi) is 5.42. The maximum absolute atomic E-state index is 13.1. The molecule has 1 aromatic heterocycles. The number of carbonyl (C=O) groups excluding carboxylic acids is 1. The average molecular weight is 428 g/mol. The average Bonchev–Trinajstić information content (AvgIpc) is 3.45. The topological polar surface area (TPSA) is 81.1 Å². The van der Waals surface area contributed by atoms with Gasteiger partial charge in [0, 0.05) is 6.04 Å². The molecule has 8 heteroatoms. The van der Waals surface area contributed by atoms with E-state index in [2.05, 4.69) is 10.3 Å². The number of benzene rings is 2. The molecule has 0 aliphatic heterocycles. The van der Waals surface area contributed by atoms with Gasteiger partial charge in [-0.25, -0.2) is 17.8 Å². The highest BCUT2D eigenvalue weighted by Gasteiger charge is 2.34. The van der Waals surface area contributed by atoms with E-state index in [0.29, 0.717) is 5.56 Å². The lowest BCUT2D eigenvalue weighted by atomic mass is 10.1. The van der Waals surface area contributed by atoms with Crippen LogP contribution < -0.4 is 5.32 Å². The van der Waals surface area contributed by atoms with E-state index in [9.17, 15) is 17.6 Å². The lowest BCUT2D eigenvalue weighted by Gasteiger charge is -2.15. The molecule has 1 N–H and O–H groups in total. The molecule has 2 aromatic carbocycles. The van der Waals surface area contributed by atoms with Gasteiger partial charge in [-0.1, -0.05) is 42.5 Å². The van der Waals surface area contributed by atoms with Crippen molar-refractivity contribution in [1.82, 2.24) is 14.9 Å². The molecular formula is C22H22FN3O3S. The molecule has 30 heavy (non-hydrogen) atoms. The fourth-order valence-corrected chi connectivity index (χ4v) is 4.76. The van der Waals surface area contributed by atoms with Crippen LogP contribution >= 0.6 is 0 Å². The third kappa shape index (κ3) is 4.28. The number of amides is 1. The Labute approximate surface area is 174 Å². The maximum Gasteiger partial charge on any atom is 0.236 e. The van der Waals surface area contributed by atoms with Gasteiger partial charge >= 0.3 is 0 Å². The Hall–Kier alpha value is -3.00. The Morgan fingerprint density at radius 1 is 1.17 bits per heavy atom. The van der Waals surface area contributed by atoms with Crippen LogP contribution in [0.3, 0.4) is 0 Å². The van der Waals surface area contributed by atoms with Crippen LogP contribution in [0.4, 0.5) is 4.39 Å². The molecule has 0 bridgehead atoms. The Balaban J connectivity index is 1.54. The number of sulfone groups is 1. The predicted octanol–water partition coefficient (Wildman–Crippen LogP) is 3.68. The van der Waals surface area contributed by atoms with E-state index < -0.39 is 27.5 Å². The van der Waals surface area contributed by atoms with Gasteiger partial charge in [0.2, 0.25) is 20.9 Å². The molecule has 1 aliphatic rings. The van der Waals surface area contributed by atoms with E-state index in [1.165, 1.54) is 12.1 Å². The molecule has 0 spiro atoms. The van der Waals surface area contributed by atoms with Crippen LogP contribution in [0.5, 0.6) is 0 Å². The summed E-state index contributed by atoms with van der Waals surface area (Å²) in [6.45, 7) is 1.72. The van der Waals surface area contributed by atoms with E-state index >= 15 is 0 Å². The predicted molar refractivity (Wildman–Crippen MR) is 111 cm³/mol. The zero-order valence-electron chi connectivity index (χ0n) is 16.5. The summed E-state index contributed by atoms with van der Waals surface area (Å²) in [4.78, 5) is 16.6. The molecule has 1 aliphatic carbocycles. The minimum absolute atomic E-state index is 0.0755. The van der Waals surface area contributed by atoms with Gasteiger partial charge in [0.25, 0.3) is 0 Å². The molecule has 0 unspecified atom stereocenters. The van der Waals surface area contributed by atoms with Crippen molar-refractivity contribution in [2.75, 3.05) is 5.75 Å². The first kappa shape index (κ1) is 20.3. The molecule has 0 saturated heterocycles. The second-order valence-electron chi connectivity index (χ2n) is 7.49. The lowest BCUT2D eigenvalue weighted by Crippen LogP contribution is -2.33. The lowest BCUT2D eigenvalue weighted by molar-refractivity contribution is -0.119. The molecule has 1 heterocycles. The summed E-state index contributed by atoms with van der Waals surface area (Å²) in [5.74, 6) is -1.70. The number of nitrogens with zero attached hydrogens (tertiary/aromatic N) is 2. The van der Waals surface area contributed by atoms with Crippen LogP contribution in [0, 0.1) is 5.82 Å². The summed E-state index contributed by atoms with van der Waals surface area (Å²) in [5.41, 5.74) is 2.30. The van der Waals surface area contributed by atoms with Gasteiger partial charge < -0.3 is 9.88 Å². The van der Waals surface area contributed by atoms with Crippen LogP contribution in [-0.2, 0) is 14.6 Å². The van der Waals surface area contributed by atoms with Crippen LogP contribution in [-0.4, -0.2) is 29.6 Å². The zero-order chi connectivity index (χ0) is 21.3. The Bertz CT molecular complexity index is 1150. The summed E-state index contributed by atoms with van der Waals surface area (Å²) >= 11 is 0. The SMILES string of the molecule is C[C@H](NC(=O)CS(=O)(=O)c1ncc(-c2ccccc2)n1C1CC1)c1ccc(F)cc1. The first-order valence-corrected chi connectivity index (χ1v) is 11.4. The smallest absolute Gasteiger partial charge is 0.236 e. The molecule has 1 fully saturated rings. The molecular weight excluding hydrogens is 405 g/mol. The molecule has 0 radical (unpaired) electrons. The number of hydrogen-bond acceptors (Lipinski definition) is 4. The van der Waals surface area contributed by atoms with E-state index in [4.69, 9.17) is 0 Å². The van der Waals surface area contributed by atoms with Gasteiger partial charge in [-0.05, 0) is 43.0 Å². The van der Waals surface area contributed by atoms with Crippen molar-refractivity contribution in [3.05, 3.63) is 72.2 Å². The van der Waals surface area contributed by atoms with Crippen molar-refractivity contribution in [3.8, 4) is 11.3 Å². The highest BCUT2D eigenvalue weighted by Crippen LogP contribution is 2.40. The highest BCUT2D eigenvalue weighted by atomic mass is 32.2. The standard InChI is InChI=1S/C22H22FN3O3S/c1-15(16-7-9-18(23)10-8-16)25-21(27)14-30(28,29)22-24-13-20(26(22)19-11-12-19)17-5-3-2-4-6-17/h2-10,13,15,19H,11-12,14H2,1H3,(H,25,27)/t15-/m0/s1. The molecule has 3 aromatic rings. The second kappa shape index (κ2) is 8.02. The minimum atomic E-state index is -3.94. The number of imidazole rings is 1. The van der Waals surface area contributed by atoms with Gasteiger partial charge in [-0.3, -0.25) is 4.79 Å². The summed E-state index contributed by atoms with van der Waals surface area (Å²) in [6, 6.07) is 14.8. The maximum atomic E-state index is 13.1. The normalized spacial score (nSPS) is 15.0. The summed E-state index contributed by atoms with van der Waals surface area (Å²) < 4.78 is 40.8. The van der Waals surface area contributed by atoms with Crippen molar-refractivity contribution >= 4 is 15.7 Å². The highest BCUT2D eigenvalue weighted by molar-refractivity contribution is 7.92. The number of halogens is 1.